The van der Waals surface area contributed by atoms with Crippen molar-refractivity contribution in [2.24, 2.45) is 0 Å². The Bertz CT molecular complexity index is 153. The molecule has 0 bridgehead atoms. The predicted molar refractivity (Wildman–Crippen MR) is 55.2 cm³/mol. The Morgan fingerprint density at radius 1 is 1.25 bits per heavy atom. The summed E-state index contributed by atoms with van der Waals surface area (Å²) in [6, 6.07) is 0. The van der Waals surface area contributed by atoms with E-state index in [1.165, 1.54) is 44.9 Å². The maximum absolute atomic E-state index is 3.76. The van der Waals surface area contributed by atoms with E-state index in [4.69, 9.17) is 0 Å². The third-order valence-electron chi connectivity index (χ3n) is 2.55. The summed E-state index contributed by atoms with van der Waals surface area (Å²) in [7, 11) is 0. The monoisotopic (exact) mass is 164 g/mol. The van der Waals surface area contributed by atoms with E-state index in [0.717, 1.165) is 6.42 Å². The van der Waals surface area contributed by atoms with E-state index >= 15 is 0 Å². The first-order valence-corrected chi connectivity index (χ1v) is 5.22. The van der Waals surface area contributed by atoms with Crippen molar-refractivity contribution in [2.75, 3.05) is 0 Å². The molecule has 0 unspecified atom stereocenters. The maximum atomic E-state index is 3.76. The van der Waals surface area contributed by atoms with Gasteiger partial charge in [0.1, 0.15) is 0 Å². The molecule has 0 fully saturated rings. The van der Waals surface area contributed by atoms with Crippen molar-refractivity contribution in [3.05, 3.63) is 24.3 Å². The van der Waals surface area contributed by atoms with Gasteiger partial charge in [-0.3, -0.25) is 0 Å². The number of hydrogen-bond donors (Lipinski definition) is 0. The fourth-order valence-electron chi connectivity index (χ4n) is 1.77. The van der Waals surface area contributed by atoms with Crippen LogP contribution in [0.25, 0.3) is 0 Å². The third kappa shape index (κ3) is 3.75. The van der Waals surface area contributed by atoms with Crippen molar-refractivity contribution in [1.29, 1.82) is 0 Å². The van der Waals surface area contributed by atoms with Crippen molar-refractivity contribution >= 4 is 0 Å². The third-order valence-corrected chi connectivity index (χ3v) is 2.55. The topological polar surface area (TPSA) is 0 Å². The van der Waals surface area contributed by atoms with Gasteiger partial charge in [0, 0.05) is 0 Å². The summed E-state index contributed by atoms with van der Waals surface area (Å²) in [6.07, 6.45) is 15.2. The van der Waals surface area contributed by atoms with Crippen molar-refractivity contribution < 1.29 is 0 Å². The zero-order valence-electron chi connectivity index (χ0n) is 8.02. The lowest BCUT2D eigenvalue weighted by molar-refractivity contribution is 0.615. The molecule has 1 aliphatic carbocycles. The smallest absolute Gasteiger partial charge is 0.0286 e. The van der Waals surface area contributed by atoms with Gasteiger partial charge in [-0.05, 0) is 38.5 Å². The van der Waals surface area contributed by atoms with Crippen LogP contribution in [0, 0.1) is 0 Å². The van der Waals surface area contributed by atoms with Crippen LogP contribution >= 0.6 is 0 Å². The van der Waals surface area contributed by atoms with Gasteiger partial charge in [-0.2, -0.15) is 0 Å². The molecule has 0 heterocycles. The highest BCUT2D eigenvalue weighted by atomic mass is 14.1. The fraction of sp³-hybridized carbons (Fsp3) is 0.667. The molecule has 0 radical (unpaired) electrons. The van der Waals surface area contributed by atoms with Gasteiger partial charge < -0.3 is 0 Å². The van der Waals surface area contributed by atoms with Crippen molar-refractivity contribution in [3.8, 4) is 0 Å². The summed E-state index contributed by atoms with van der Waals surface area (Å²) in [5.41, 5.74) is 1.68. The van der Waals surface area contributed by atoms with Crippen LogP contribution in [0.1, 0.15) is 51.4 Å². The normalized spacial score (nSPS) is 19.2. The molecule has 0 aromatic rings. The second kappa shape index (κ2) is 6.05. The lowest BCUT2D eigenvalue weighted by atomic mass is 9.97. The average molecular weight is 164 g/mol. The Balaban J connectivity index is 2.31. The van der Waals surface area contributed by atoms with Crippen LogP contribution in [0.2, 0.25) is 0 Å². The number of allylic oxidation sites excluding steroid dienone is 3. The van der Waals surface area contributed by atoms with Crippen LogP contribution in [-0.4, -0.2) is 0 Å². The molecule has 0 saturated heterocycles. The van der Waals surface area contributed by atoms with Gasteiger partial charge in [0.25, 0.3) is 0 Å². The fourth-order valence-corrected chi connectivity index (χ4v) is 1.77. The highest BCUT2D eigenvalue weighted by Crippen LogP contribution is 2.20. The molecule has 0 aliphatic heterocycles. The molecule has 12 heavy (non-hydrogen) atoms. The standard InChI is InChI=1S/C12H20/c1-2-3-9-12-10-7-5-4-6-8-11-12/h2,10H,1,3-9,11H2. The first-order chi connectivity index (χ1) is 5.93. The van der Waals surface area contributed by atoms with Gasteiger partial charge in [-0.1, -0.05) is 30.6 Å². The molecular weight excluding hydrogens is 144 g/mol. The van der Waals surface area contributed by atoms with Crippen LogP contribution < -0.4 is 0 Å². The van der Waals surface area contributed by atoms with E-state index in [2.05, 4.69) is 12.7 Å². The van der Waals surface area contributed by atoms with Gasteiger partial charge in [0.05, 0.1) is 0 Å². The largest absolute Gasteiger partial charge is 0.103 e. The first-order valence-electron chi connectivity index (χ1n) is 5.22. The van der Waals surface area contributed by atoms with Gasteiger partial charge in [0.2, 0.25) is 0 Å². The second-order valence-electron chi connectivity index (χ2n) is 3.64. The summed E-state index contributed by atoms with van der Waals surface area (Å²) in [5, 5.41) is 0. The SMILES string of the molecule is C=CCCC1=CCCCCCC1. The summed E-state index contributed by atoms with van der Waals surface area (Å²) < 4.78 is 0. The number of hydrogen-bond acceptors (Lipinski definition) is 0. The van der Waals surface area contributed by atoms with Gasteiger partial charge in [-0.25, -0.2) is 0 Å². The molecular formula is C12H20. The summed E-state index contributed by atoms with van der Waals surface area (Å²) >= 11 is 0. The van der Waals surface area contributed by atoms with Crippen LogP contribution in [0.15, 0.2) is 24.3 Å². The molecule has 0 heteroatoms. The lowest BCUT2D eigenvalue weighted by Crippen LogP contribution is -1.89. The molecule has 1 aliphatic rings. The van der Waals surface area contributed by atoms with E-state index in [-0.39, 0.29) is 0 Å². The van der Waals surface area contributed by atoms with Crippen LogP contribution in [0.5, 0.6) is 0 Å². The van der Waals surface area contributed by atoms with E-state index in [1.807, 2.05) is 6.08 Å². The quantitative estimate of drug-likeness (QED) is 0.547. The molecule has 0 nitrogen and oxygen atoms in total. The van der Waals surface area contributed by atoms with E-state index in [9.17, 15) is 0 Å². The van der Waals surface area contributed by atoms with Crippen LogP contribution in [0.3, 0.4) is 0 Å². The van der Waals surface area contributed by atoms with Crippen molar-refractivity contribution in [1.82, 2.24) is 0 Å². The Labute approximate surface area is 76.4 Å². The van der Waals surface area contributed by atoms with Gasteiger partial charge in [-0.15, -0.1) is 6.58 Å². The zero-order chi connectivity index (χ0) is 8.65. The molecule has 0 N–H and O–H groups in total. The van der Waals surface area contributed by atoms with Gasteiger partial charge in [0.15, 0.2) is 0 Å². The molecule has 0 aromatic heterocycles. The zero-order valence-corrected chi connectivity index (χ0v) is 8.02. The highest BCUT2D eigenvalue weighted by molar-refractivity contribution is 5.03. The van der Waals surface area contributed by atoms with Crippen LogP contribution in [-0.2, 0) is 0 Å². The Kier molecular flexibility index (Phi) is 4.82. The van der Waals surface area contributed by atoms with Crippen molar-refractivity contribution in [3.63, 3.8) is 0 Å². The molecule has 1 rings (SSSR count). The van der Waals surface area contributed by atoms with Crippen molar-refractivity contribution in [2.45, 2.75) is 51.4 Å². The molecule has 68 valence electrons. The first kappa shape index (κ1) is 9.57. The molecule has 0 amide bonds. The van der Waals surface area contributed by atoms with E-state index in [1.54, 1.807) is 5.57 Å². The summed E-state index contributed by atoms with van der Waals surface area (Å²) in [6.45, 7) is 3.76. The minimum Gasteiger partial charge on any atom is -0.103 e. The predicted octanol–water partition coefficient (Wildman–Crippen LogP) is 4.23. The highest BCUT2D eigenvalue weighted by Gasteiger charge is 2.00. The lowest BCUT2D eigenvalue weighted by Gasteiger charge is -2.09. The van der Waals surface area contributed by atoms with E-state index < -0.39 is 0 Å². The van der Waals surface area contributed by atoms with E-state index in [0.29, 0.717) is 0 Å². The Hall–Kier alpha value is -0.520. The summed E-state index contributed by atoms with van der Waals surface area (Å²) in [5.74, 6) is 0. The Morgan fingerprint density at radius 3 is 2.92 bits per heavy atom. The molecule has 0 spiro atoms. The second-order valence-corrected chi connectivity index (χ2v) is 3.64. The number of rotatable bonds is 3. The average Bonchev–Trinajstić information content (AvgIpc) is 2.02. The maximum Gasteiger partial charge on any atom is -0.0286 e. The molecule has 0 saturated carbocycles. The minimum absolute atomic E-state index is 1.16. The van der Waals surface area contributed by atoms with Crippen LogP contribution in [0.4, 0.5) is 0 Å². The molecule has 0 atom stereocenters. The molecule has 0 aromatic carbocycles. The Morgan fingerprint density at radius 2 is 2.08 bits per heavy atom. The minimum atomic E-state index is 1.16. The van der Waals surface area contributed by atoms with Gasteiger partial charge >= 0.3 is 0 Å². The summed E-state index contributed by atoms with van der Waals surface area (Å²) in [4.78, 5) is 0.